The molecule has 2 N–H and O–H groups in total. The molecule has 0 aromatic heterocycles. The number of hydrogen-bond donors (Lipinski definition) is 1. The van der Waals surface area contributed by atoms with Crippen LogP contribution in [-0.2, 0) is 0 Å². The van der Waals surface area contributed by atoms with Crippen molar-refractivity contribution < 1.29 is 0 Å². The van der Waals surface area contributed by atoms with Crippen LogP contribution in [0.15, 0.2) is 24.3 Å². The average molecular weight is 282 g/mol. The molecule has 0 bridgehead atoms. The van der Waals surface area contributed by atoms with Crippen molar-refractivity contribution >= 4 is 17.3 Å². The molecular formula is C15H24ClN3. The van der Waals surface area contributed by atoms with Crippen molar-refractivity contribution in [3.05, 3.63) is 29.3 Å². The number of piperazine rings is 1. The van der Waals surface area contributed by atoms with Crippen LogP contribution < -0.4 is 10.6 Å². The topological polar surface area (TPSA) is 32.5 Å². The monoisotopic (exact) mass is 281 g/mol. The number of halogens is 1. The van der Waals surface area contributed by atoms with Crippen molar-refractivity contribution in [3.63, 3.8) is 0 Å². The summed E-state index contributed by atoms with van der Waals surface area (Å²) in [5, 5.41) is 0.802. The van der Waals surface area contributed by atoms with E-state index in [2.05, 4.69) is 28.9 Å². The zero-order valence-electron chi connectivity index (χ0n) is 11.7. The van der Waals surface area contributed by atoms with E-state index in [0.717, 1.165) is 44.3 Å². The smallest absolute Gasteiger partial charge is 0.0407 e. The third kappa shape index (κ3) is 4.10. The molecule has 4 heteroatoms. The van der Waals surface area contributed by atoms with Crippen LogP contribution in [0.25, 0.3) is 0 Å². The van der Waals surface area contributed by atoms with E-state index < -0.39 is 0 Å². The first-order valence-corrected chi connectivity index (χ1v) is 7.53. The molecule has 3 nitrogen and oxygen atoms in total. The highest BCUT2D eigenvalue weighted by molar-refractivity contribution is 6.30. The minimum absolute atomic E-state index is 0.641. The Labute approximate surface area is 121 Å². The van der Waals surface area contributed by atoms with Crippen molar-refractivity contribution in [2.24, 2.45) is 11.7 Å². The zero-order valence-corrected chi connectivity index (χ0v) is 12.4. The summed E-state index contributed by atoms with van der Waals surface area (Å²) in [5.41, 5.74) is 7.06. The fourth-order valence-electron chi connectivity index (χ4n) is 2.58. The molecule has 1 unspecified atom stereocenters. The molecule has 1 atom stereocenters. The van der Waals surface area contributed by atoms with Crippen LogP contribution in [0.1, 0.15) is 13.3 Å². The van der Waals surface area contributed by atoms with Crippen molar-refractivity contribution in [1.82, 2.24) is 4.90 Å². The second-order valence-electron chi connectivity index (χ2n) is 5.27. The molecule has 1 heterocycles. The number of hydrogen-bond acceptors (Lipinski definition) is 3. The fourth-order valence-corrected chi connectivity index (χ4v) is 2.70. The van der Waals surface area contributed by atoms with E-state index >= 15 is 0 Å². The van der Waals surface area contributed by atoms with Gasteiger partial charge in [-0.3, -0.25) is 4.90 Å². The Morgan fingerprint density at radius 1 is 1.16 bits per heavy atom. The van der Waals surface area contributed by atoms with E-state index in [1.165, 1.54) is 12.1 Å². The lowest BCUT2D eigenvalue weighted by Gasteiger charge is -2.37. The molecule has 0 spiro atoms. The summed E-state index contributed by atoms with van der Waals surface area (Å²) in [5.74, 6) is 0.641. The molecule has 1 aromatic carbocycles. The second kappa shape index (κ2) is 7.13. The lowest BCUT2D eigenvalue weighted by atomic mass is 10.1. The summed E-state index contributed by atoms with van der Waals surface area (Å²) in [6.45, 7) is 8.58. The average Bonchev–Trinajstić information content (AvgIpc) is 2.46. The molecule has 0 saturated carbocycles. The van der Waals surface area contributed by atoms with Gasteiger partial charge in [0.05, 0.1) is 0 Å². The number of nitrogens with two attached hydrogens (primary N) is 1. The molecule has 1 aliphatic rings. The van der Waals surface area contributed by atoms with Gasteiger partial charge >= 0.3 is 0 Å². The van der Waals surface area contributed by atoms with Crippen molar-refractivity contribution in [2.45, 2.75) is 13.3 Å². The van der Waals surface area contributed by atoms with Crippen LogP contribution >= 0.6 is 11.6 Å². The Bertz CT molecular complexity index is 367. The molecule has 2 rings (SSSR count). The van der Waals surface area contributed by atoms with Gasteiger partial charge in [0.2, 0.25) is 0 Å². The van der Waals surface area contributed by atoms with Gasteiger partial charge < -0.3 is 10.6 Å². The van der Waals surface area contributed by atoms with Gasteiger partial charge in [-0.15, -0.1) is 0 Å². The van der Waals surface area contributed by atoms with Crippen LogP contribution in [0, 0.1) is 5.92 Å². The highest BCUT2D eigenvalue weighted by atomic mass is 35.5. The summed E-state index contributed by atoms with van der Waals surface area (Å²) in [6, 6.07) is 8.13. The normalized spacial score (nSPS) is 18.6. The molecule has 0 amide bonds. The third-order valence-corrected chi connectivity index (χ3v) is 4.24. The van der Waals surface area contributed by atoms with Crippen LogP contribution in [-0.4, -0.2) is 44.2 Å². The fraction of sp³-hybridized carbons (Fsp3) is 0.600. The van der Waals surface area contributed by atoms with Crippen LogP contribution in [0.5, 0.6) is 0 Å². The number of nitrogens with zero attached hydrogens (tertiary/aromatic N) is 2. The molecule has 1 aromatic rings. The summed E-state index contributed by atoms with van der Waals surface area (Å²) in [4.78, 5) is 4.96. The Balaban J connectivity index is 1.83. The summed E-state index contributed by atoms with van der Waals surface area (Å²) < 4.78 is 0. The minimum atomic E-state index is 0.641. The van der Waals surface area contributed by atoms with Gasteiger partial charge in [0.1, 0.15) is 0 Å². The van der Waals surface area contributed by atoms with Gasteiger partial charge in [0, 0.05) is 43.4 Å². The first kappa shape index (κ1) is 14.6. The summed E-state index contributed by atoms with van der Waals surface area (Å²) in [6.07, 6.45) is 1.17. The quantitative estimate of drug-likeness (QED) is 0.900. The maximum atomic E-state index is 5.92. The van der Waals surface area contributed by atoms with E-state index in [9.17, 15) is 0 Å². The standard InChI is InChI=1S/C15H24ClN3/c1-2-13(11-17)12-18-7-9-19(10-8-18)15-5-3-14(16)4-6-15/h3-6,13H,2,7-12,17H2,1H3. The Morgan fingerprint density at radius 3 is 2.32 bits per heavy atom. The van der Waals surface area contributed by atoms with Crippen molar-refractivity contribution in [2.75, 3.05) is 44.2 Å². The van der Waals surface area contributed by atoms with Gasteiger partial charge in [0.15, 0.2) is 0 Å². The predicted molar refractivity (Wildman–Crippen MR) is 82.9 cm³/mol. The van der Waals surface area contributed by atoms with E-state index in [-0.39, 0.29) is 0 Å². The van der Waals surface area contributed by atoms with Gasteiger partial charge in [-0.1, -0.05) is 24.9 Å². The van der Waals surface area contributed by atoms with Crippen molar-refractivity contribution in [1.29, 1.82) is 0 Å². The third-order valence-electron chi connectivity index (χ3n) is 3.99. The van der Waals surface area contributed by atoms with E-state index in [1.807, 2.05) is 12.1 Å². The van der Waals surface area contributed by atoms with E-state index in [0.29, 0.717) is 5.92 Å². The maximum Gasteiger partial charge on any atom is 0.0407 e. The highest BCUT2D eigenvalue weighted by Crippen LogP contribution is 2.19. The van der Waals surface area contributed by atoms with Gasteiger partial charge in [-0.05, 0) is 36.7 Å². The Kier molecular flexibility index (Phi) is 5.49. The molecule has 106 valence electrons. The summed E-state index contributed by atoms with van der Waals surface area (Å²) >= 11 is 5.92. The lowest BCUT2D eigenvalue weighted by Crippen LogP contribution is -2.48. The maximum absolute atomic E-state index is 5.92. The number of benzene rings is 1. The number of anilines is 1. The molecular weight excluding hydrogens is 258 g/mol. The molecule has 1 saturated heterocycles. The minimum Gasteiger partial charge on any atom is -0.369 e. The van der Waals surface area contributed by atoms with Gasteiger partial charge in [-0.25, -0.2) is 0 Å². The van der Waals surface area contributed by atoms with Gasteiger partial charge in [0.25, 0.3) is 0 Å². The molecule has 0 aliphatic carbocycles. The van der Waals surface area contributed by atoms with Crippen molar-refractivity contribution in [3.8, 4) is 0 Å². The zero-order chi connectivity index (χ0) is 13.7. The lowest BCUT2D eigenvalue weighted by molar-refractivity contribution is 0.218. The molecule has 1 aliphatic heterocycles. The second-order valence-corrected chi connectivity index (χ2v) is 5.71. The first-order valence-electron chi connectivity index (χ1n) is 7.16. The van der Waals surface area contributed by atoms with Crippen LogP contribution in [0.4, 0.5) is 5.69 Å². The highest BCUT2D eigenvalue weighted by Gasteiger charge is 2.19. The molecule has 19 heavy (non-hydrogen) atoms. The Hall–Kier alpha value is -0.770. The predicted octanol–water partition coefficient (Wildman–Crippen LogP) is 2.45. The summed E-state index contributed by atoms with van der Waals surface area (Å²) in [7, 11) is 0. The van der Waals surface area contributed by atoms with E-state index in [1.54, 1.807) is 0 Å². The number of rotatable bonds is 5. The van der Waals surface area contributed by atoms with Crippen LogP contribution in [0.2, 0.25) is 5.02 Å². The molecule has 1 fully saturated rings. The largest absolute Gasteiger partial charge is 0.369 e. The Morgan fingerprint density at radius 2 is 1.79 bits per heavy atom. The molecule has 0 radical (unpaired) electrons. The van der Waals surface area contributed by atoms with Gasteiger partial charge in [-0.2, -0.15) is 0 Å². The van der Waals surface area contributed by atoms with Crippen LogP contribution in [0.3, 0.4) is 0 Å². The first-order chi connectivity index (χ1) is 9.22. The SMILES string of the molecule is CCC(CN)CN1CCN(c2ccc(Cl)cc2)CC1. The van der Waals surface area contributed by atoms with E-state index in [4.69, 9.17) is 17.3 Å².